The zero-order chi connectivity index (χ0) is 15.6. The van der Waals surface area contributed by atoms with Gasteiger partial charge < -0.3 is 4.74 Å². The highest BCUT2D eigenvalue weighted by atomic mass is 127. The summed E-state index contributed by atoms with van der Waals surface area (Å²) in [5, 5.41) is 4.65. The number of alkyl halides is 2. The van der Waals surface area contributed by atoms with E-state index in [4.69, 9.17) is 4.74 Å². The van der Waals surface area contributed by atoms with E-state index in [1.165, 1.54) is 7.11 Å². The second kappa shape index (κ2) is 4.88. The summed E-state index contributed by atoms with van der Waals surface area (Å²) in [6.07, 6.45) is 1.66. The van der Waals surface area contributed by atoms with Crippen LogP contribution in [-0.2, 0) is 16.7 Å². The van der Waals surface area contributed by atoms with Crippen LogP contribution in [0, 0.1) is 21.3 Å². The van der Waals surface area contributed by atoms with Gasteiger partial charge in [0.05, 0.1) is 16.4 Å². The molecule has 0 amide bonds. The summed E-state index contributed by atoms with van der Waals surface area (Å²) >= 11 is 2.16. The molecular formula is C15H17F2IN2O2. The van der Waals surface area contributed by atoms with Crippen LogP contribution in [0.1, 0.15) is 41.9 Å². The van der Waals surface area contributed by atoms with Crippen molar-refractivity contribution in [2.75, 3.05) is 7.11 Å². The minimum Gasteiger partial charge on any atom is -0.464 e. The predicted octanol–water partition coefficient (Wildman–Crippen LogP) is 3.23. The number of hydrogen-bond donors (Lipinski definition) is 0. The summed E-state index contributed by atoms with van der Waals surface area (Å²) in [6, 6.07) is 0. The van der Waals surface area contributed by atoms with Crippen molar-refractivity contribution in [1.82, 2.24) is 9.78 Å². The first kappa shape index (κ1) is 14.8. The van der Waals surface area contributed by atoms with Gasteiger partial charge in [0.25, 0.3) is 0 Å². The number of aromatic nitrogens is 2. The van der Waals surface area contributed by atoms with Gasteiger partial charge >= 0.3 is 5.97 Å². The fourth-order valence-corrected chi connectivity index (χ4v) is 5.16. The van der Waals surface area contributed by atoms with Crippen LogP contribution in [0.4, 0.5) is 8.78 Å². The van der Waals surface area contributed by atoms with Crippen molar-refractivity contribution in [3.8, 4) is 0 Å². The van der Waals surface area contributed by atoms with Gasteiger partial charge in [0.15, 0.2) is 5.69 Å². The van der Waals surface area contributed by atoms with Crippen molar-refractivity contribution >= 4 is 28.6 Å². The Bertz CT molecular complexity index is 629. The van der Waals surface area contributed by atoms with Gasteiger partial charge in [-0.3, -0.25) is 4.68 Å². The number of carbonyl (C=O) groups excluding carboxylic acids is 1. The summed E-state index contributed by atoms with van der Waals surface area (Å²) in [7, 11) is 1.34. The van der Waals surface area contributed by atoms with E-state index < -0.39 is 18.3 Å². The molecule has 2 atom stereocenters. The molecule has 22 heavy (non-hydrogen) atoms. The maximum atomic E-state index is 12.7. The smallest absolute Gasteiger partial charge is 0.357 e. The summed E-state index contributed by atoms with van der Waals surface area (Å²) < 4.78 is 32.8. The van der Waals surface area contributed by atoms with Gasteiger partial charge in [-0.2, -0.15) is 5.10 Å². The number of rotatable bonds is 5. The molecule has 2 bridgehead atoms. The monoisotopic (exact) mass is 422 g/mol. The van der Waals surface area contributed by atoms with Crippen LogP contribution in [0.15, 0.2) is 0 Å². The van der Waals surface area contributed by atoms with Crippen molar-refractivity contribution in [3.05, 3.63) is 15.0 Å². The maximum Gasteiger partial charge on any atom is 0.357 e. The first-order valence-electron chi connectivity index (χ1n) is 7.58. The minimum absolute atomic E-state index is 0.0833. The molecule has 4 aliphatic carbocycles. The van der Waals surface area contributed by atoms with Gasteiger partial charge in [-0.25, -0.2) is 13.6 Å². The number of ether oxygens (including phenoxy) is 1. The van der Waals surface area contributed by atoms with Crippen LogP contribution in [-0.4, -0.2) is 29.3 Å². The zero-order valence-electron chi connectivity index (χ0n) is 12.2. The Morgan fingerprint density at radius 3 is 2.64 bits per heavy atom. The highest BCUT2D eigenvalue weighted by Crippen LogP contribution is 2.65. The van der Waals surface area contributed by atoms with Gasteiger partial charge in [0, 0.05) is 17.9 Å². The van der Waals surface area contributed by atoms with E-state index in [0.29, 0.717) is 18.7 Å². The summed E-state index contributed by atoms with van der Waals surface area (Å²) in [6.45, 7) is 0.384. The van der Waals surface area contributed by atoms with Gasteiger partial charge in [-0.1, -0.05) is 0 Å². The van der Waals surface area contributed by atoms with E-state index in [0.717, 1.165) is 34.4 Å². The van der Waals surface area contributed by atoms with Crippen molar-refractivity contribution in [1.29, 1.82) is 0 Å². The lowest BCUT2D eigenvalue weighted by molar-refractivity contribution is -0.0319. The molecule has 4 aliphatic rings. The molecular weight excluding hydrogens is 405 g/mol. The van der Waals surface area contributed by atoms with Gasteiger partial charge in [0.2, 0.25) is 6.43 Å². The molecule has 5 rings (SSSR count). The molecule has 0 saturated heterocycles. The highest BCUT2D eigenvalue weighted by molar-refractivity contribution is 14.1. The summed E-state index contributed by atoms with van der Waals surface area (Å²) in [4.78, 5) is 12.1. The molecule has 1 heterocycles. The molecule has 120 valence electrons. The molecule has 0 radical (unpaired) electrons. The second-order valence-corrected chi connectivity index (χ2v) is 8.02. The molecule has 7 heteroatoms. The lowest BCUT2D eigenvalue weighted by Crippen LogP contribution is -2.55. The maximum absolute atomic E-state index is 12.7. The normalized spacial score (nSPS) is 35.0. The molecule has 4 nitrogen and oxygen atoms in total. The standard InChI is InChI=1S/C15H17F2IN2O2/c1-22-14(21)11-10(18)12(15-3-7(4-15)5-15)19-20(11)6-8-2-9(8)13(16)17/h7-9,13H,2-6H2,1H3/t7?,8-,9+,15?/m0/s1. The van der Waals surface area contributed by atoms with Crippen LogP contribution in [0.25, 0.3) is 0 Å². The topological polar surface area (TPSA) is 44.1 Å². The molecule has 4 saturated carbocycles. The highest BCUT2D eigenvalue weighted by Gasteiger charge is 2.60. The Hall–Kier alpha value is -0.730. The lowest BCUT2D eigenvalue weighted by atomic mass is 9.43. The molecule has 0 aromatic carbocycles. The van der Waals surface area contributed by atoms with Gasteiger partial charge in [0.1, 0.15) is 0 Å². The van der Waals surface area contributed by atoms with Crippen molar-refractivity contribution in [3.63, 3.8) is 0 Å². The van der Waals surface area contributed by atoms with E-state index in [1.807, 2.05) is 0 Å². The number of esters is 1. The van der Waals surface area contributed by atoms with Gasteiger partial charge in [-0.15, -0.1) is 0 Å². The number of nitrogens with zero attached hydrogens (tertiary/aromatic N) is 2. The largest absolute Gasteiger partial charge is 0.464 e. The molecule has 0 N–H and O–H groups in total. The third-order valence-electron chi connectivity index (χ3n) is 5.52. The number of halogens is 3. The van der Waals surface area contributed by atoms with Crippen LogP contribution < -0.4 is 0 Å². The number of carbonyl (C=O) groups is 1. The summed E-state index contributed by atoms with van der Waals surface area (Å²) in [5.74, 6) is -0.246. The fraction of sp³-hybridized carbons (Fsp3) is 0.733. The third kappa shape index (κ3) is 2.03. The molecule has 0 aliphatic heterocycles. The Morgan fingerprint density at radius 2 is 2.18 bits per heavy atom. The first-order chi connectivity index (χ1) is 10.4. The molecule has 0 unspecified atom stereocenters. The average Bonchev–Trinajstić information content (AvgIpc) is 3.06. The Balaban J connectivity index is 1.64. The Kier molecular flexibility index (Phi) is 3.29. The molecule has 4 fully saturated rings. The van der Waals surface area contributed by atoms with Crippen LogP contribution >= 0.6 is 22.6 Å². The van der Waals surface area contributed by atoms with Crippen LogP contribution in [0.3, 0.4) is 0 Å². The lowest BCUT2D eigenvalue weighted by Gasteiger charge is -2.61. The zero-order valence-corrected chi connectivity index (χ0v) is 14.3. The molecule has 0 spiro atoms. The average molecular weight is 422 g/mol. The van der Waals surface area contributed by atoms with E-state index in [2.05, 4.69) is 27.7 Å². The quantitative estimate of drug-likeness (QED) is 0.541. The third-order valence-corrected chi connectivity index (χ3v) is 6.54. The molecule has 1 aromatic rings. The van der Waals surface area contributed by atoms with Crippen molar-refractivity contribution in [2.24, 2.45) is 17.8 Å². The Morgan fingerprint density at radius 1 is 1.50 bits per heavy atom. The van der Waals surface area contributed by atoms with Crippen LogP contribution in [0.2, 0.25) is 0 Å². The molecule has 1 aromatic heterocycles. The van der Waals surface area contributed by atoms with E-state index >= 15 is 0 Å². The van der Waals surface area contributed by atoms with E-state index in [-0.39, 0.29) is 11.3 Å². The second-order valence-electron chi connectivity index (χ2n) is 6.94. The minimum atomic E-state index is -2.28. The number of hydrogen-bond acceptors (Lipinski definition) is 3. The van der Waals surface area contributed by atoms with Crippen LogP contribution in [0.5, 0.6) is 0 Å². The SMILES string of the molecule is COC(=O)c1c(I)c(C23CC(C2)C3)nn1C[C@@H]1C[C@H]1C(F)F. The number of methoxy groups -OCH3 is 1. The van der Waals surface area contributed by atoms with Crippen molar-refractivity contribution in [2.45, 2.75) is 44.1 Å². The predicted molar refractivity (Wildman–Crippen MR) is 82.9 cm³/mol. The van der Waals surface area contributed by atoms with Crippen molar-refractivity contribution < 1.29 is 18.3 Å². The fourth-order valence-electron chi connectivity index (χ4n) is 3.98. The van der Waals surface area contributed by atoms with E-state index in [1.54, 1.807) is 4.68 Å². The first-order valence-corrected chi connectivity index (χ1v) is 8.66. The summed E-state index contributed by atoms with van der Waals surface area (Å²) in [5.41, 5.74) is 1.55. The van der Waals surface area contributed by atoms with E-state index in [9.17, 15) is 13.6 Å². The van der Waals surface area contributed by atoms with Gasteiger partial charge in [-0.05, 0) is 60.1 Å². The Labute approximate surface area is 140 Å².